The molecule has 1 aromatic rings. The van der Waals surface area contributed by atoms with Gasteiger partial charge in [0.15, 0.2) is 11.9 Å². The molecule has 0 atom stereocenters. The molecular weight excluding hydrogens is 328 g/mol. The minimum atomic E-state index is -0.256. The summed E-state index contributed by atoms with van der Waals surface area (Å²) in [5.74, 6) is -0.271. The van der Waals surface area contributed by atoms with E-state index in [2.05, 4.69) is 33.2 Å². The van der Waals surface area contributed by atoms with Gasteiger partial charge in [0.05, 0.1) is 0 Å². The van der Waals surface area contributed by atoms with Crippen molar-refractivity contribution in [3.63, 3.8) is 0 Å². The van der Waals surface area contributed by atoms with Crippen molar-refractivity contribution in [3.8, 4) is 0 Å². The van der Waals surface area contributed by atoms with Gasteiger partial charge in [0.25, 0.3) is 0 Å². The van der Waals surface area contributed by atoms with Crippen LogP contribution in [0.3, 0.4) is 0 Å². The lowest BCUT2D eigenvalue weighted by molar-refractivity contribution is 1.20. The Labute approximate surface area is 107 Å². The minimum Gasteiger partial charge on any atom is -0.370 e. The van der Waals surface area contributed by atoms with Crippen molar-refractivity contribution in [1.29, 1.82) is 10.8 Å². The van der Waals surface area contributed by atoms with E-state index in [4.69, 9.17) is 16.6 Å². The largest absolute Gasteiger partial charge is 0.370 e. The Balaban J connectivity index is 0.00000196. The summed E-state index contributed by atoms with van der Waals surface area (Å²) in [6.45, 7) is 0. The van der Waals surface area contributed by atoms with Crippen molar-refractivity contribution < 1.29 is 0 Å². The predicted molar refractivity (Wildman–Crippen MR) is 72.8 cm³/mol. The maximum absolute atomic E-state index is 7.38. The molecule has 0 amide bonds. The predicted octanol–water partition coefficient (Wildman–Crippen LogP) is 1.54. The molecule has 5 nitrogen and oxygen atoms in total. The summed E-state index contributed by atoms with van der Waals surface area (Å²) in [6, 6.07) is 7.55. The lowest BCUT2D eigenvalue weighted by Crippen LogP contribution is -2.39. The zero-order valence-corrected chi connectivity index (χ0v) is 10.6. The number of nitrogens with two attached hydrogens (primary N) is 1. The Morgan fingerprint density at radius 3 is 2.53 bits per heavy atom. The monoisotopic (exact) mass is 339 g/mol. The van der Waals surface area contributed by atoms with Crippen LogP contribution in [0.15, 0.2) is 24.3 Å². The second kappa shape index (κ2) is 6.46. The number of halogens is 2. The van der Waals surface area contributed by atoms with Crippen molar-refractivity contribution in [2.75, 3.05) is 5.32 Å². The van der Waals surface area contributed by atoms with Gasteiger partial charge in [-0.2, -0.15) is 0 Å². The molecule has 0 fully saturated rings. The first-order valence-corrected chi connectivity index (χ1v) is 4.88. The minimum absolute atomic E-state index is 0. The van der Waals surface area contributed by atoms with Gasteiger partial charge in [0.1, 0.15) is 0 Å². The Kier molecular flexibility index (Phi) is 6.02. The SMILES string of the molecule is Cl.N=C(N)NC(=N)Nc1cccc(I)c1. The maximum atomic E-state index is 7.38. The summed E-state index contributed by atoms with van der Waals surface area (Å²) in [4.78, 5) is 0. The highest BCUT2D eigenvalue weighted by Gasteiger charge is 1.98. The molecule has 1 rings (SSSR count). The molecule has 1 aromatic carbocycles. The summed E-state index contributed by atoms with van der Waals surface area (Å²) in [5.41, 5.74) is 5.85. The summed E-state index contributed by atoms with van der Waals surface area (Å²) in [5, 5.41) is 19.4. The quantitative estimate of drug-likeness (QED) is 0.305. The highest BCUT2D eigenvalue weighted by Crippen LogP contribution is 2.11. The van der Waals surface area contributed by atoms with E-state index >= 15 is 0 Å². The molecule has 0 unspecified atom stereocenters. The molecule has 0 aliphatic heterocycles. The lowest BCUT2D eigenvalue weighted by atomic mass is 10.3. The van der Waals surface area contributed by atoms with Crippen molar-refractivity contribution in [2.45, 2.75) is 0 Å². The van der Waals surface area contributed by atoms with Crippen LogP contribution in [-0.4, -0.2) is 11.9 Å². The van der Waals surface area contributed by atoms with Gasteiger partial charge in [-0.05, 0) is 40.8 Å². The number of benzene rings is 1. The van der Waals surface area contributed by atoms with E-state index in [1.54, 1.807) is 0 Å². The molecule has 0 aliphatic carbocycles. The van der Waals surface area contributed by atoms with Crippen molar-refractivity contribution in [1.82, 2.24) is 5.32 Å². The Bertz CT molecular complexity index is 368. The van der Waals surface area contributed by atoms with Crippen LogP contribution in [0, 0.1) is 14.4 Å². The molecule has 0 radical (unpaired) electrons. The molecular formula is C8H11ClIN5. The van der Waals surface area contributed by atoms with Crippen LogP contribution in [0.4, 0.5) is 5.69 Å². The molecule has 0 saturated carbocycles. The first-order chi connectivity index (χ1) is 6.58. The first-order valence-electron chi connectivity index (χ1n) is 3.80. The molecule has 82 valence electrons. The number of anilines is 1. The van der Waals surface area contributed by atoms with Crippen LogP contribution in [0.2, 0.25) is 0 Å². The molecule has 6 N–H and O–H groups in total. The zero-order chi connectivity index (χ0) is 10.6. The topological polar surface area (TPSA) is 97.8 Å². The highest BCUT2D eigenvalue weighted by atomic mass is 127. The van der Waals surface area contributed by atoms with Gasteiger partial charge in [0, 0.05) is 9.26 Å². The third-order valence-electron chi connectivity index (χ3n) is 1.35. The van der Waals surface area contributed by atoms with E-state index in [0.717, 1.165) is 9.26 Å². The average molecular weight is 340 g/mol. The summed E-state index contributed by atoms with van der Waals surface area (Å²) in [6.07, 6.45) is 0. The Hall–Kier alpha value is -1.02. The van der Waals surface area contributed by atoms with Gasteiger partial charge in [0.2, 0.25) is 0 Å². The van der Waals surface area contributed by atoms with Gasteiger partial charge >= 0.3 is 0 Å². The van der Waals surface area contributed by atoms with Gasteiger partial charge < -0.3 is 11.1 Å². The highest BCUT2D eigenvalue weighted by molar-refractivity contribution is 14.1. The number of rotatable bonds is 1. The van der Waals surface area contributed by atoms with Crippen LogP contribution in [0.25, 0.3) is 0 Å². The summed E-state index contributed by atoms with van der Waals surface area (Å²) >= 11 is 2.18. The molecule has 0 heterocycles. The van der Waals surface area contributed by atoms with Crippen LogP contribution in [0.5, 0.6) is 0 Å². The van der Waals surface area contributed by atoms with E-state index in [9.17, 15) is 0 Å². The summed E-state index contributed by atoms with van der Waals surface area (Å²) in [7, 11) is 0. The molecule has 15 heavy (non-hydrogen) atoms. The fraction of sp³-hybridized carbons (Fsp3) is 0. The lowest BCUT2D eigenvalue weighted by Gasteiger charge is -2.08. The van der Waals surface area contributed by atoms with Crippen LogP contribution >= 0.6 is 35.0 Å². The fourth-order valence-electron chi connectivity index (χ4n) is 0.876. The molecule has 7 heteroatoms. The third-order valence-corrected chi connectivity index (χ3v) is 2.02. The summed E-state index contributed by atoms with van der Waals surface area (Å²) < 4.78 is 1.07. The number of guanidine groups is 2. The van der Waals surface area contributed by atoms with Crippen molar-refractivity contribution in [2.24, 2.45) is 5.73 Å². The van der Waals surface area contributed by atoms with Crippen molar-refractivity contribution in [3.05, 3.63) is 27.8 Å². The number of hydrogen-bond acceptors (Lipinski definition) is 2. The maximum Gasteiger partial charge on any atom is 0.199 e. The van der Waals surface area contributed by atoms with Crippen molar-refractivity contribution >= 4 is 52.6 Å². The fourth-order valence-corrected chi connectivity index (χ4v) is 1.42. The number of hydrogen-bond donors (Lipinski definition) is 5. The molecule has 0 spiro atoms. The number of nitrogens with one attached hydrogen (secondary N) is 4. The van der Waals surface area contributed by atoms with Crippen LogP contribution in [-0.2, 0) is 0 Å². The Morgan fingerprint density at radius 2 is 2.00 bits per heavy atom. The molecule has 0 bridgehead atoms. The second-order valence-corrected chi connectivity index (χ2v) is 3.79. The van der Waals surface area contributed by atoms with E-state index in [1.807, 2.05) is 24.3 Å². The average Bonchev–Trinajstić information content (AvgIpc) is 2.01. The van der Waals surface area contributed by atoms with Gasteiger partial charge in [-0.15, -0.1) is 12.4 Å². The standard InChI is InChI=1S/C8H10IN5.ClH/c9-5-2-1-3-6(4-5)13-8(12)14-7(10)11;/h1-4H,(H6,10,11,12,13,14);1H. The van der Waals surface area contributed by atoms with E-state index in [0.29, 0.717) is 0 Å². The smallest absolute Gasteiger partial charge is 0.199 e. The van der Waals surface area contributed by atoms with E-state index in [1.165, 1.54) is 0 Å². The molecule has 0 saturated heterocycles. The third kappa shape index (κ3) is 5.43. The van der Waals surface area contributed by atoms with E-state index < -0.39 is 0 Å². The molecule has 0 aliphatic rings. The molecule has 0 aromatic heterocycles. The Morgan fingerprint density at radius 1 is 1.33 bits per heavy atom. The van der Waals surface area contributed by atoms with Gasteiger partial charge in [-0.25, -0.2) is 0 Å². The van der Waals surface area contributed by atoms with E-state index in [-0.39, 0.29) is 24.3 Å². The van der Waals surface area contributed by atoms with Gasteiger partial charge in [-0.1, -0.05) is 6.07 Å². The normalized spacial score (nSPS) is 8.60. The van der Waals surface area contributed by atoms with Crippen LogP contribution < -0.4 is 16.4 Å². The van der Waals surface area contributed by atoms with Crippen LogP contribution in [0.1, 0.15) is 0 Å². The van der Waals surface area contributed by atoms with Gasteiger partial charge in [-0.3, -0.25) is 16.1 Å². The zero-order valence-electron chi connectivity index (χ0n) is 7.67. The second-order valence-electron chi connectivity index (χ2n) is 2.55. The first kappa shape index (κ1) is 14.0.